The molecule has 0 saturated heterocycles. The van der Waals surface area contributed by atoms with Gasteiger partial charge in [0.25, 0.3) is 0 Å². The Kier molecular flexibility index (Phi) is 6.18. The van der Waals surface area contributed by atoms with E-state index in [9.17, 15) is 4.79 Å². The first-order valence-corrected chi connectivity index (χ1v) is 10.9. The van der Waals surface area contributed by atoms with Crippen molar-refractivity contribution in [1.29, 1.82) is 0 Å². The molecule has 0 aliphatic rings. The minimum absolute atomic E-state index is 0.190. The molecule has 0 aliphatic carbocycles. The predicted octanol–water partition coefficient (Wildman–Crippen LogP) is 6.19. The van der Waals surface area contributed by atoms with Gasteiger partial charge >= 0.3 is 0 Å². The molecule has 6 nitrogen and oxygen atoms in total. The van der Waals surface area contributed by atoms with Crippen LogP contribution in [-0.2, 0) is 11.3 Å². The monoisotopic (exact) mass is 469 g/mol. The van der Waals surface area contributed by atoms with Crippen molar-refractivity contribution in [3.05, 3.63) is 71.6 Å². The molecule has 0 atom stereocenters. The summed E-state index contributed by atoms with van der Waals surface area (Å²) in [4.78, 5) is 25.9. The van der Waals surface area contributed by atoms with Crippen LogP contribution >= 0.6 is 34.5 Å². The summed E-state index contributed by atoms with van der Waals surface area (Å²) in [5.41, 5.74) is 2.28. The van der Waals surface area contributed by atoms with E-state index in [1.807, 2.05) is 29.0 Å². The lowest BCUT2D eigenvalue weighted by Gasteiger charge is -2.07. The van der Waals surface area contributed by atoms with Gasteiger partial charge in [0.2, 0.25) is 5.91 Å². The highest BCUT2D eigenvalue weighted by Gasteiger charge is 2.21. The Hall–Kier alpha value is -3.00. The number of nitrogens with one attached hydrogen (secondary N) is 1. The van der Waals surface area contributed by atoms with Gasteiger partial charge in [0.05, 0.1) is 15.6 Å². The van der Waals surface area contributed by atoms with Crippen LogP contribution in [0.25, 0.3) is 32.5 Å². The number of thiazole rings is 1. The van der Waals surface area contributed by atoms with E-state index in [2.05, 4.69) is 21.9 Å². The number of carbonyl (C=O) groups is 1. The van der Waals surface area contributed by atoms with E-state index >= 15 is 0 Å². The summed E-state index contributed by atoms with van der Waals surface area (Å²) in [7, 11) is 0. The number of hydrogen-bond donors (Lipinski definition) is 1. The van der Waals surface area contributed by atoms with Gasteiger partial charge in [-0.25, -0.2) is 15.0 Å². The van der Waals surface area contributed by atoms with Crippen molar-refractivity contribution in [3.63, 3.8) is 0 Å². The van der Waals surface area contributed by atoms with Crippen LogP contribution in [0.15, 0.2) is 61.6 Å². The van der Waals surface area contributed by atoms with Crippen LogP contribution in [-0.4, -0.2) is 25.4 Å². The first kappa shape index (κ1) is 21.2. The Labute approximate surface area is 193 Å². The van der Waals surface area contributed by atoms with Crippen molar-refractivity contribution in [2.24, 2.45) is 0 Å². The second-order valence-electron chi connectivity index (χ2n) is 6.62. The average molecular weight is 470 g/mol. The number of aromatic nitrogens is 4. The molecule has 156 valence electrons. The van der Waals surface area contributed by atoms with Crippen molar-refractivity contribution < 1.29 is 4.79 Å². The maximum Gasteiger partial charge on any atom is 0.222 e. The molecule has 3 heterocycles. The predicted molar refractivity (Wildman–Crippen MR) is 127 cm³/mol. The summed E-state index contributed by atoms with van der Waals surface area (Å²) >= 11 is 14.1. The van der Waals surface area contributed by atoms with Crippen molar-refractivity contribution in [3.8, 4) is 32.5 Å². The third kappa shape index (κ3) is 4.54. The molecule has 1 aromatic carbocycles. The van der Waals surface area contributed by atoms with E-state index < -0.39 is 0 Å². The number of nitrogens with zero attached hydrogens (tertiary/aromatic N) is 4. The van der Waals surface area contributed by atoms with Gasteiger partial charge in [-0.15, -0.1) is 17.9 Å². The molecule has 9 heteroatoms. The molecule has 0 radical (unpaired) electrons. The van der Waals surface area contributed by atoms with Crippen molar-refractivity contribution in [1.82, 2.24) is 19.5 Å². The summed E-state index contributed by atoms with van der Waals surface area (Å²) < 4.78 is 1.99. The first-order valence-electron chi connectivity index (χ1n) is 9.29. The fraction of sp³-hybridized carbons (Fsp3) is 0.0909. The molecule has 3 aromatic heterocycles. The van der Waals surface area contributed by atoms with Crippen LogP contribution in [0, 0.1) is 0 Å². The van der Waals surface area contributed by atoms with Crippen LogP contribution in [0.2, 0.25) is 10.0 Å². The van der Waals surface area contributed by atoms with E-state index in [4.69, 9.17) is 28.2 Å². The van der Waals surface area contributed by atoms with Crippen LogP contribution < -0.4 is 5.32 Å². The number of carbonyl (C=O) groups excluding carboxylic acids is 1. The zero-order valence-corrected chi connectivity index (χ0v) is 18.8. The molecule has 0 saturated carbocycles. The summed E-state index contributed by atoms with van der Waals surface area (Å²) in [6.07, 6.45) is 7.08. The highest BCUT2D eigenvalue weighted by atomic mass is 35.5. The van der Waals surface area contributed by atoms with Gasteiger partial charge in [-0.05, 0) is 30.3 Å². The summed E-state index contributed by atoms with van der Waals surface area (Å²) in [5.74, 6) is 1.03. The average Bonchev–Trinajstić information content (AvgIpc) is 3.35. The standard InChI is InChI=1S/C22H17Cl2N5OS/c1-3-9-29-10-8-26-21(29)20-19(16-5-4-15(23)12-17(16)24)28-22(31-20)14-6-7-25-18(11-14)27-13(2)30/h3-8,10-12H,1,9H2,2H3,(H,25,27,30). The number of hydrogen-bond acceptors (Lipinski definition) is 5. The van der Waals surface area contributed by atoms with Crippen molar-refractivity contribution in [2.45, 2.75) is 13.5 Å². The fourth-order valence-electron chi connectivity index (χ4n) is 3.08. The molecule has 0 bridgehead atoms. The number of anilines is 1. The molecular formula is C22H17Cl2N5OS. The smallest absolute Gasteiger partial charge is 0.222 e. The van der Waals surface area contributed by atoms with E-state index in [0.717, 1.165) is 26.8 Å². The zero-order valence-electron chi connectivity index (χ0n) is 16.5. The van der Waals surface area contributed by atoms with Gasteiger partial charge in [0.15, 0.2) is 5.82 Å². The Morgan fingerprint density at radius 2 is 2.06 bits per heavy atom. The van der Waals surface area contributed by atoms with Crippen LogP contribution in [0.4, 0.5) is 5.82 Å². The zero-order chi connectivity index (χ0) is 22.0. The van der Waals surface area contributed by atoms with Crippen LogP contribution in [0.3, 0.4) is 0 Å². The minimum atomic E-state index is -0.190. The summed E-state index contributed by atoms with van der Waals surface area (Å²) in [5, 5.41) is 4.50. The lowest BCUT2D eigenvalue weighted by Crippen LogP contribution is -2.07. The molecule has 1 N–H and O–H groups in total. The topological polar surface area (TPSA) is 72.7 Å². The van der Waals surface area contributed by atoms with Crippen LogP contribution in [0.5, 0.6) is 0 Å². The Balaban J connectivity index is 1.89. The molecule has 31 heavy (non-hydrogen) atoms. The van der Waals surface area contributed by atoms with Crippen molar-refractivity contribution in [2.75, 3.05) is 5.32 Å². The Bertz CT molecular complexity index is 1280. The Morgan fingerprint density at radius 3 is 2.81 bits per heavy atom. The second-order valence-corrected chi connectivity index (χ2v) is 8.47. The van der Waals surface area contributed by atoms with E-state index in [0.29, 0.717) is 28.1 Å². The van der Waals surface area contributed by atoms with Gasteiger partial charge < -0.3 is 9.88 Å². The lowest BCUT2D eigenvalue weighted by molar-refractivity contribution is -0.114. The molecule has 0 fully saturated rings. The fourth-order valence-corrected chi connectivity index (χ4v) is 4.66. The van der Waals surface area contributed by atoms with Gasteiger partial charge in [-0.2, -0.15) is 0 Å². The summed E-state index contributed by atoms with van der Waals surface area (Å²) in [6.45, 7) is 5.87. The SMILES string of the molecule is C=CCn1ccnc1-c1sc(-c2ccnc(NC(C)=O)c2)nc1-c1ccc(Cl)cc1Cl. The molecule has 0 spiro atoms. The quantitative estimate of drug-likeness (QED) is 0.341. The number of imidazole rings is 1. The van der Waals surface area contributed by atoms with E-state index in [1.54, 1.807) is 30.6 Å². The number of halogens is 2. The van der Waals surface area contributed by atoms with Gasteiger partial charge in [-0.3, -0.25) is 4.79 Å². The lowest BCUT2D eigenvalue weighted by atomic mass is 10.1. The maximum atomic E-state index is 11.4. The normalized spacial score (nSPS) is 10.8. The molecule has 4 rings (SSSR count). The van der Waals surface area contributed by atoms with Gasteiger partial charge in [-0.1, -0.05) is 29.3 Å². The number of benzene rings is 1. The molecule has 4 aromatic rings. The van der Waals surface area contributed by atoms with Crippen molar-refractivity contribution >= 4 is 46.3 Å². The Morgan fingerprint density at radius 1 is 1.23 bits per heavy atom. The largest absolute Gasteiger partial charge is 0.326 e. The number of rotatable bonds is 6. The maximum absolute atomic E-state index is 11.4. The number of allylic oxidation sites excluding steroid dienone is 1. The number of amides is 1. The first-order chi connectivity index (χ1) is 15.0. The summed E-state index contributed by atoms with van der Waals surface area (Å²) in [6, 6.07) is 8.95. The second kappa shape index (κ2) is 9.01. The van der Waals surface area contributed by atoms with E-state index in [-0.39, 0.29) is 5.91 Å². The molecule has 1 amide bonds. The molecular weight excluding hydrogens is 453 g/mol. The highest BCUT2D eigenvalue weighted by Crippen LogP contribution is 2.42. The number of pyridine rings is 1. The minimum Gasteiger partial charge on any atom is -0.326 e. The van der Waals surface area contributed by atoms with E-state index in [1.165, 1.54) is 18.3 Å². The van der Waals surface area contributed by atoms with Gasteiger partial charge in [0, 0.05) is 48.2 Å². The van der Waals surface area contributed by atoms with Crippen LogP contribution in [0.1, 0.15) is 6.92 Å². The van der Waals surface area contributed by atoms with Gasteiger partial charge in [0.1, 0.15) is 10.8 Å². The molecule has 0 unspecified atom stereocenters. The third-order valence-electron chi connectivity index (χ3n) is 4.37. The third-order valence-corrected chi connectivity index (χ3v) is 6.02. The highest BCUT2D eigenvalue weighted by molar-refractivity contribution is 7.18. The molecule has 0 aliphatic heterocycles.